The molecule has 1 unspecified atom stereocenters. The number of hydrogen-bond acceptors (Lipinski definition) is 2. The minimum atomic E-state index is -4.55. The molecule has 196 valence electrons. The van der Waals surface area contributed by atoms with Gasteiger partial charge in [-0.2, -0.15) is 0 Å². The van der Waals surface area contributed by atoms with Crippen LogP contribution in [-0.4, -0.2) is 52.4 Å². The summed E-state index contributed by atoms with van der Waals surface area (Å²) in [6.07, 6.45) is 28.3. The fourth-order valence-electron chi connectivity index (χ4n) is 4.15. The molecule has 0 spiro atoms. The van der Waals surface area contributed by atoms with Crippen molar-refractivity contribution in [2.75, 3.05) is 27.7 Å². The van der Waals surface area contributed by atoms with Crippen molar-refractivity contribution in [3.8, 4) is 0 Å². The summed E-state index contributed by atoms with van der Waals surface area (Å²) in [7, 11) is 0.972. The molecule has 0 aromatic rings. The summed E-state index contributed by atoms with van der Waals surface area (Å²) in [6, 6.07) is 0. The number of nitrogens with zero attached hydrogens (tertiary/aromatic N) is 1. The van der Waals surface area contributed by atoms with Crippen molar-refractivity contribution in [2.45, 2.75) is 121 Å². The lowest BCUT2D eigenvalue weighted by molar-refractivity contribution is -0.875. The standard InChI is InChI=1S/C27H54NO4P/c1-5-6-7-8-9-10-11-12-13-14-15-16-17-18-19-20-21-22-23-24-25-27(29,33(30,31)32)26-28(2,3)4/h7-8,13-14,29H,5-6,9-12,15-26H2,1-4H3,(H-,30,31,32)/p+1/b8-7-,14-13-. The highest BCUT2D eigenvalue weighted by atomic mass is 31.2. The lowest BCUT2D eigenvalue weighted by Gasteiger charge is -2.35. The number of allylic oxidation sites excluding steroid dienone is 4. The molecule has 0 aromatic carbocycles. The normalized spacial score (nSPS) is 15.0. The SMILES string of the molecule is CCC/C=C\CCCC/C=C\CCCCCCCCCCCC(O)(C[N+](C)(C)C)P(=O)(O)O. The first kappa shape index (κ1) is 32.5. The van der Waals surface area contributed by atoms with E-state index in [9.17, 15) is 19.5 Å². The van der Waals surface area contributed by atoms with Gasteiger partial charge in [0.05, 0.1) is 21.1 Å². The van der Waals surface area contributed by atoms with Crippen molar-refractivity contribution in [3.63, 3.8) is 0 Å². The van der Waals surface area contributed by atoms with Crippen molar-refractivity contribution in [3.05, 3.63) is 24.3 Å². The summed E-state index contributed by atoms with van der Waals surface area (Å²) in [5.41, 5.74) is 0. The highest BCUT2D eigenvalue weighted by Gasteiger charge is 2.48. The lowest BCUT2D eigenvalue weighted by Crippen LogP contribution is -2.49. The summed E-state index contributed by atoms with van der Waals surface area (Å²) in [6.45, 7) is 2.28. The predicted octanol–water partition coefficient (Wildman–Crippen LogP) is 7.32. The topological polar surface area (TPSA) is 77.8 Å². The highest BCUT2D eigenvalue weighted by Crippen LogP contribution is 2.52. The second-order valence-electron chi connectivity index (χ2n) is 10.7. The van der Waals surface area contributed by atoms with Crippen LogP contribution in [0.2, 0.25) is 0 Å². The third-order valence-electron chi connectivity index (χ3n) is 6.00. The number of aliphatic hydroxyl groups is 1. The second kappa shape index (κ2) is 18.8. The Labute approximate surface area is 205 Å². The minimum absolute atomic E-state index is 0.0587. The van der Waals surface area contributed by atoms with Gasteiger partial charge in [-0.05, 0) is 57.8 Å². The Hall–Kier alpha value is -0.450. The van der Waals surface area contributed by atoms with E-state index in [0.717, 1.165) is 19.3 Å². The van der Waals surface area contributed by atoms with Crippen molar-refractivity contribution in [1.29, 1.82) is 0 Å². The number of quaternary nitrogens is 1. The van der Waals surface area contributed by atoms with E-state index in [1.165, 1.54) is 77.0 Å². The van der Waals surface area contributed by atoms with E-state index in [0.29, 0.717) is 10.9 Å². The Kier molecular flexibility index (Phi) is 18.6. The molecule has 0 rings (SSSR count). The number of likely N-dealkylation sites (N-methyl/N-ethyl adjacent to an activating group) is 1. The quantitative estimate of drug-likeness (QED) is 0.0645. The van der Waals surface area contributed by atoms with Gasteiger partial charge in [0.15, 0.2) is 0 Å². The van der Waals surface area contributed by atoms with Gasteiger partial charge >= 0.3 is 7.60 Å². The zero-order chi connectivity index (χ0) is 25.1. The molecule has 0 aliphatic heterocycles. The third-order valence-corrected chi connectivity index (χ3v) is 7.45. The van der Waals surface area contributed by atoms with Crippen molar-refractivity contribution >= 4 is 7.60 Å². The second-order valence-corrected chi connectivity index (χ2v) is 12.6. The van der Waals surface area contributed by atoms with Gasteiger partial charge in [-0.15, -0.1) is 0 Å². The van der Waals surface area contributed by atoms with E-state index in [2.05, 4.69) is 31.2 Å². The van der Waals surface area contributed by atoms with E-state index < -0.39 is 12.9 Å². The van der Waals surface area contributed by atoms with Crippen LogP contribution in [0.3, 0.4) is 0 Å². The number of hydrogen-bond donors (Lipinski definition) is 3. The summed E-state index contributed by atoms with van der Waals surface area (Å²) in [5.74, 6) is 0. The Morgan fingerprint density at radius 3 is 1.42 bits per heavy atom. The molecule has 1 atom stereocenters. The van der Waals surface area contributed by atoms with Gasteiger partial charge in [0.2, 0.25) is 5.34 Å². The first-order valence-electron chi connectivity index (χ1n) is 13.4. The van der Waals surface area contributed by atoms with Crippen LogP contribution in [0.5, 0.6) is 0 Å². The maximum Gasteiger partial charge on any atom is 0.362 e. The van der Waals surface area contributed by atoms with Gasteiger partial charge in [-0.1, -0.05) is 82.6 Å². The zero-order valence-corrected chi connectivity index (χ0v) is 23.1. The summed E-state index contributed by atoms with van der Waals surface area (Å²) in [4.78, 5) is 19.2. The Bertz CT molecular complexity index is 565. The maximum atomic E-state index is 11.8. The Morgan fingerprint density at radius 2 is 1.03 bits per heavy atom. The summed E-state index contributed by atoms with van der Waals surface area (Å²) in [5, 5.41) is 8.64. The summed E-state index contributed by atoms with van der Waals surface area (Å²) >= 11 is 0. The Morgan fingerprint density at radius 1 is 0.667 bits per heavy atom. The zero-order valence-electron chi connectivity index (χ0n) is 22.2. The third kappa shape index (κ3) is 19.5. The molecule has 5 nitrogen and oxygen atoms in total. The van der Waals surface area contributed by atoms with Crippen molar-refractivity contribution < 1.29 is 23.9 Å². The first-order valence-corrected chi connectivity index (χ1v) is 15.0. The van der Waals surface area contributed by atoms with Gasteiger partial charge in [0.25, 0.3) is 0 Å². The van der Waals surface area contributed by atoms with Crippen molar-refractivity contribution in [2.24, 2.45) is 0 Å². The van der Waals surface area contributed by atoms with Gasteiger partial charge in [-0.3, -0.25) is 4.57 Å². The molecule has 0 saturated carbocycles. The summed E-state index contributed by atoms with van der Waals surface area (Å²) < 4.78 is 12.1. The smallest absolute Gasteiger partial charge is 0.362 e. The molecule has 33 heavy (non-hydrogen) atoms. The molecule has 0 fully saturated rings. The van der Waals surface area contributed by atoms with E-state index in [4.69, 9.17) is 0 Å². The van der Waals surface area contributed by atoms with Gasteiger partial charge in [0, 0.05) is 0 Å². The average molecular weight is 489 g/mol. The molecule has 0 amide bonds. The van der Waals surface area contributed by atoms with Crippen molar-refractivity contribution in [1.82, 2.24) is 0 Å². The van der Waals surface area contributed by atoms with Crippen LogP contribution in [0, 0.1) is 0 Å². The number of unbranched alkanes of at least 4 members (excludes halogenated alkanes) is 13. The van der Waals surface area contributed by atoms with Crippen LogP contribution in [0.15, 0.2) is 24.3 Å². The van der Waals surface area contributed by atoms with Crippen LogP contribution in [0.25, 0.3) is 0 Å². The molecular formula is C27H55NO4P+. The molecule has 0 bridgehead atoms. The first-order chi connectivity index (χ1) is 15.5. The van der Waals surface area contributed by atoms with E-state index >= 15 is 0 Å². The van der Waals surface area contributed by atoms with Gasteiger partial charge in [0.1, 0.15) is 6.54 Å². The molecule has 0 radical (unpaired) electrons. The molecule has 0 aliphatic rings. The van der Waals surface area contributed by atoms with Gasteiger partial charge in [-0.25, -0.2) is 0 Å². The van der Waals surface area contributed by atoms with Crippen LogP contribution >= 0.6 is 7.60 Å². The molecule has 3 N–H and O–H groups in total. The molecule has 0 saturated heterocycles. The van der Waals surface area contributed by atoms with Crippen LogP contribution in [-0.2, 0) is 4.57 Å². The monoisotopic (exact) mass is 488 g/mol. The lowest BCUT2D eigenvalue weighted by atomic mass is 10.0. The highest BCUT2D eigenvalue weighted by molar-refractivity contribution is 7.53. The van der Waals surface area contributed by atoms with Crippen LogP contribution < -0.4 is 0 Å². The largest absolute Gasteiger partial charge is 0.373 e. The molecule has 0 heterocycles. The minimum Gasteiger partial charge on any atom is -0.373 e. The Balaban J connectivity index is 3.60. The van der Waals surface area contributed by atoms with Gasteiger partial charge < -0.3 is 19.4 Å². The fourth-order valence-corrected chi connectivity index (χ4v) is 5.20. The molecular weight excluding hydrogens is 433 g/mol. The molecule has 0 aliphatic carbocycles. The van der Waals surface area contributed by atoms with Crippen LogP contribution in [0.4, 0.5) is 0 Å². The maximum absolute atomic E-state index is 11.8. The molecule has 6 heteroatoms. The number of rotatable bonds is 22. The van der Waals surface area contributed by atoms with E-state index in [1.807, 2.05) is 21.1 Å². The van der Waals surface area contributed by atoms with Crippen LogP contribution in [0.1, 0.15) is 116 Å². The average Bonchev–Trinajstić information content (AvgIpc) is 2.70. The van der Waals surface area contributed by atoms with E-state index in [1.54, 1.807) is 0 Å². The predicted molar refractivity (Wildman–Crippen MR) is 142 cm³/mol. The fraction of sp³-hybridized carbons (Fsp3) is 0.852. The van der Waals surface area contributed by atoms with E-state index in [-0.39, 0.29) is 13.0 Å². The molecule has 0 aromatic heterocycles.